The number of aromatic amines is 1. The molecule has 0 spiro atoms. The molecule has 5 atom stereocenters. The molecule has 9 nitrogen and oxygen atoms in total. The zero-order valence-corrected chi connectivity index (χ0v) is 18.1. The fraction of sp³-hybridized carbons (Fsp3) is 0.348. The fourth-order valence-corrected chi connectivity index (χ4v) is 4.28. The number of ether oxygens (including phenoxy) is 1. The molecule has 4 rings (SSSR count). The number of nitrogens with one attached hydrogen (secondary N) is 3. The van der Waals surface area contributed by atoms with Crippen molar-refractivity contribution in [2.75, 3.05) is 11.9 Å². The first-order valence-corrected chi connectivity index (χ1v) is 10.4. The Labute approximate surface area is 189 Å². The third kappa shape index (κ3) is 4.07. The predicted octanol–water partition coefficient (Wildman–Crippen LogP) is 0.624. The van der Waals surface area contributed by atoms with Crippen molar-refractivity contribution in [3.05, 3.63) is 58.7 Å². The van der Waals surface area contributed by atoms with E-state index >= 15 is 0 Å². The molecule has 0 aliphatic carbocycles. The summed E-state index contributed by atoms with van der Waals surface area (Å²) in [4.78, 5) is 15.6. The molecule has 0 bridgehead atoms. The number of benzene rings is 1. The molecular weight excluding hydrogens is 433 g/mol. The number of carbonyl (C=O) groups is 1. The SMILES string of the molecule is C=C(N[C@H]1O[C@@H](CO)[C@@H](O)[C@@H](O)[C@@H]1O)c1c(C)[nH]c(/C=C2\C(=O)Nc3ccc(F)cc32)c1C. The first-order valence-electron chi connectivity index (χ1n) is 10.4. The Morgan fingerprint density at radius 3 is 2.67 bits per heavy atom. The van der Waals surface area contributed by atoms with Crippen LogP contribution in [0.25, 0.3) is 17.3 Å². The van der Waals surface area contributed by atoms with Crippen LogP contribution >= 0.6 is 0 Å². The number of aromatic nitrogens is 1. The number of fused-ring (bicyclic) bond motifs is 1. The van der Waals surface area contributed by atoms with Gasteiger partial charge in [-0.1, -0.05) is 6.58 Å². The van der Waals surface area contributed by atoms with Gasteiger partial charge in [0.15, 0.2) is 6.23 Å². The summed E-state index contributed by atoms with van der Waals surface area (Å²) < 4.78 is 19.2. The van der Waals surface area contributed by atoms with Gasteiger partial charge in [-0.2, -0.15) is 0 Å². The van der Waals surface area contributed by atoms with Crippen LogP contribution in [0.3, 0.4) is 0 Å². The minimum atomic E-state index is -1.52. The topological polar surface area (TPSA) is 147 Å². The van der Waals surface area contributed by atoms with E-state index in [1.807, 2.05) is 6.92 Å². The molecule has 33 heavy (non-hydrogen) atoms. The maximum absolute atomic E-state index is 13.7. The van der Waals surface area contributed by atoms with Crippen LogP contribution in [0.1, 0.15) is 28.1 Å². The molecule has 176 valence electrons. The monoisotopic (exact) mass is 459 g/mol. The zero-order chi connectivity index (χ0) is 24.0. The lowest BCUT2D eigenvalue weighted by atomic mass is 9.97. The third-order valence-corrected chi connectivity index (χ3v) is 6.04. The van der Waals surface area contributed by atoms with Gasteiger partial charge in [-0.25, -0.2) is 4.39 Å². The first-order chi connectivity index (χ1) is 15.6. The zero-order valence-electron chi connectivity index (χ0n) is 18.1. The Morgan fingerprint density at radius 2 is 1.97 bits per heavy atom. The van der Waals surface area contributed by atoms with E-state index in [1.54, 1.807) is 13.0 Å². The summed E-state index contributed by atoms with van der Waals surface area (Å²) >= 11 is 0. The van der Waals surface area contributed by atoms with Crippen LogP contribution < -0.4 is 10.6 Å². The predicted molar refractivity (Wildman–Crippen MR) is 119 cm³/mol. The van der Waals surface area contributed by atoms with Gasteiger partial charge in [0, 0.05) is 33.9 Å². The Kier molecular flexibility index (Phi) is 6.12. The van der Waals surface area contributed by atoms with Gasteiger partial charge in [-0.3, -0.25) is 4.79 Å². The Bertz CT molecular complexity index is 1140. The highest BCUT2D eigenvalue weighted by atomic mass is 19.1. The van der Waals surface area contributed by atoms with Crippen molar-refractivity contribution in [3.8, 4) is 0 Å². The van der Waals surface area contributed by atoms with Crippen molar-refractivity contribution in [1.82, 2.24) is 10.3 Å². The lowest BCUT2D eigenvalue weighted by molar-refractivity contribution is -0.233. The molecule has 1 aromatic heterocycles. The molecule has 0 radical (unpaired) electrons. The highest BCUT2D eigenvalue weighted by Crippen LogP contribution is 2.35. The number of rotatable bonds is 5. The maximum atomic E-state index is 13.7. The molecule has 1 saturated heterocycles. The van der Waals surface area contributed by atoms with E-state index < -0.39 is 43.1 Å². The number of carbonyl (C=O) groups excluding carboxylic acids is 1. The van der Waals surface area contributed by atoms with Gasteiger partial charge in [0.1, 0.15) is 30.2 Å². The second-order valence-electron chi connectivity index (χ2n) is 8.24. The number of amides is 1. The molecule has 10 heteroatoms. The van der Waals surface area contributed by atoms with Crippen molar-refractivity contribution in [2.24, 2.45) is 0 Å². The highest BCUT2D eigenvalue weighted by Gasteiger charge is 2.43. The molecular formula is C23H26FN3O6. The minimum absolute atomic E-state index is 0.313. The van der Waals surface area contributed by atoms with E-state index in [0.717, 1.165) is 5.56 Å². The van der Waals surface area contributed by atoms with Gasteiger partial charge in [-0.05, 0) is 43.7 Å². The van der Waals surface area contributed by atoms with Crippen LogP contribution in [0.5, 0.6) is 0 Å². The van der Waals surface area contributed by atoms with E-state index in [0.29, 0.717) is 39.5 Å². The van der Waals surface area contributed by atoms with Crippen LogP contribution in [0, 0.1) is 19.7 Å². The number of aliphatic hydroxyl groups excluding tert-OH is 4. The molecule has 2 aromatic rings. The van der Waals surface area contributed by atoms with Gasteiger partial charge in [0.2, 0.25) is 0 Å². The highest BCUT2D eigenvalue weighted by molar-refractivity contribution is 6.34. The minimum Gasteiger partial charge on any atom is -0.394 e. The Balaban J connectivity index is 1.61. The molecule has 0 saturated carbocycles. The fourth-order valence-electron chi connectivity index (χ4n) is 4.28. The lowest BCUT2D eigenvalue weighted by Crippen LogP contribution is -2.62. The van der Waals surface area contributed by atoms with Gasteiger partial charge in [-0.15, -0.1) is 0 Å². The summed E-state index contributed by atoms with van der Waals surface area (Å²) in [5.41, 5.74) is 4.39. The van der Waals surface area contributed by atoms with Crippen molar-refractivity contribution in [1.29, 1.82) is 0 Å². The first kappa shape index (κ1) is 23.1. The average molecular weight is 459 g/mol. The molecule has 2 aliphatic rings. The maximum Gasteiger partial charge on any atom is 0.256 e. The summed E-state index contributed by atoms with van der Waals surface area (Å²) in [5.74, 6) is -0.796. The van der Waals surface area contributed by atoms with Gasteiger partial charge in [0.25, 0.3) is 5.91 Å². The number of H-pyrrole nitrogens is 1. The summed E-state index contributed by atoms with van der Waals surface area (Å²) in [7, 11) is 0. The van der Waals surface area contributed by atoms with Crippen LogP contribution in [0.2, 0.25) is 0 Å². The second-order valence-corrected chi connectivity index (χ2v) is 8.24. The summed E-state index contributed by atoms with van der Waals surface area (Å²) in [6.07, 6.45) is -4.99. The number of hydrogen-bond acceptors (Lipinski definition) is 7. The molecule has 0 unspecified atom stereocenters. The molecule has 1 amide bonds. The van der Waals surface area contributed by atoms with Crippen LogP contribution in [-0.2, 0) is 9.53 Å². The van der Waals surface area contributed by atoms with Gasteiger partial charge >= 0.3 is 0 Å². The van der Waals surface area contributed by atoms with E-state index in [2.05, 4.69) is 22.2 Å². The number of aryl methyl sites for hydroxylation is 1. The average Bonchev–Trinajstić information content (AvgIpc) is 3.23. The lowest BCUT2D eigenvalue weighted by Gasteiger charge is -2.40. The molecule has 3 heterocycles. The quantitative estimate of drug-likeness (QED) is 0.325. The van der Waals surface area contributed by atoms with Crippen LogP contribution in [0.15, 0.2) is 24.8 Å². The van der Waals surface area contributed by atoms with Crippen molar-refractivity contribution < 1.29 is 34.3 Å². The largest absolute Gasteiger partial charge is 0.394 e. The number of aliphatic hydroxyl groups is 4. The summed E-state index contributed by atoms with van der Waals surface area (Å²) in [6, 6.07) is 4.08. The van der Waals surface area contributed by atoms with Crippen LogP contribution in [-0.4, -0.2) is 68.6 Å². The van der Waals surface area contributed by atoms with Gasteiger partial charge in [0.05, 0.1) is 12.2 Å². The van der Waals surface area contributed by atoms with E-state index in [-0.39, 0.29) is 5.91 Å². The second kappa shape index (κ2) is 8.73. The molecule has 2 aliphatic heterocycles. The Morgan fingerprint density at radius 1 is 1.24 bits per heavy atom. The van der Waals surface area contributed by atoms with Crippen molar-refractivity contribution >= 4 is 28.9 Å². The van der Waals surface area contributed by atoms with E-state index in [9.17, 15) is 29.6 Å². The smallest absolute Gasteiger partial charge is 0.256 e. The van der Waals surface area contributed by atoms with Crippen molar-refractivity contribution in [2.45, 2.75) is 44.5 Å². The molecule has 7 N–H and O–H groups in total. The third-order valence-electron chi connectivity index (χ3n) is 6.04. The number of halogens is 1. The number of hydrogen-bond donors (Lipinski definition) is 7. The standard InChI is InChI=1S/C23H26FN3O6/c1-9-16(7-14-13-6-12(24)4-5-15(13)27-22(14)32)25-10(2)18(9)11(3)26-23-21(31)20(30)19(29)17(8-28)33-23/h4-7,17,19-21,23,25-26,28-31H,3,8H2,1-2H3,(H,27,32)/b14-7-/t17-,19+,20+,21-,23-/m0/s1. The summed E-state index contributed by atoms with van der Waals surface area (Å²) in [6.45, 7) is 7.07. The van der Waals surface area contributed by atoms with Gasteiger partial charge < -0.3 is 40.8 Å². The summed E-state index contributed by atoms with van der Waals surface area (Å²) in [5, 5.41) is 45.2. The van der Waals surface area contributed by atoms with Crippen LogP contribution in [0.4, 0.5) is 10.1 Å². The number of anilines is 1. The van der Waals surface area contributed by atoms with Crippen molar-refractivity contribution in [3.63, 3.8) is 0 Å². The normalized spacial score (nSPS) is 28.0. The Hall–Kier alpha value is -3.02. The molecule has 1 fully saturated rings. The van der Waals surface area contributed by atoms with E-state index in [1.165, 1.54) is 18.2 Å². The molecule has 1 aromatic carbocycles. The van der Waals surface area contributed by atoms with E-state index in [4.69, 9.17) is 4.74 Å².